The van der Waals surface area contributed by atoms with Crippen LogP contribution in [0.15, 0.2) is 30.5 Å². The molecule has 0 unspecified atom stereocenters. The van der Waals surface area contributed by atoms with E-state index in [4.69, 9.17) is 11.6 Å². The van der Waals surface area contributed by atoms with Crippen molar-refractivity contribution < 1.29 is 4.79 Å². The maximum Gasteiger partial charge on any atom is 0.317 e. The zero-order valence-electron chi connectivity index (χ0n) is 15.3. The fourth-order valence-corrected chi connectivity index (χ4v) is 3.48. The molecular formula is C19H26ClN5O. The minimum atomic E-state index is -0.0998. The number of urea groups is 1. The van der Waals surface area contributed by atoms with Gasteiger partial charge in [-0.3, -0.25) is 4.90 Å². The Morgan fingerprint density at radius 1 is 1.35 bits per heavy atom. The van der Waals surface area contributed by atoms with Gasteiger partial charge >= 0.3 is 6.03 Å². The Hall–Kier alpha value is -2.05. The van der Waals surface area contributed by atoms with Gasteiger partial charge in [0.25, 0.3) is 0 Å². The number of amides is 2. The van der Waals surface area contributed by atoms with E-state index in [9.17, 15) is 4.79 Å². The van der Waals surface area contributed by atoms with Crippen molar-refractivity contribution in [3.63, 3.8) is 0 Å². The van der Waals surface area contributed by atoms with Crippen molar-refractivity contribution in [1.82, 2.24) is 25.1 Å². The van der Waals surface area contributed by atoms with E-state index in [2.05, 4.69) is 20.2 Å². The number of halogens is 1. The molecule has 26 heavy (non-hydrogen) atoms. The van der Waals surface area contributed by atoms with Gasteiger partial charge in [0.2, 0.25) is 0 Å². The number of benzene rings is 1. The van der Waals surface area contributed by atoms with Crippen molar-refractivity contribution in [2.75, 3.05) is 26.7 Å². The summed E-state index contributed by atoms with van der Waals surface area (Å²) in [5.74, 6) is 0.786. The minimum Gasteiger partial charge on any atom is -0.345 e. The fraction of sp³-hybridized carbons (Fsp3) is 0.474. The molecule has 1 fully saturated rings. The van der Waals surface area contributed by atoms with E-state index < -0.39 is 0 Å². The van der Waals surface area contributed by atoms with Crippen LogP contribution in [-0.4, -0.2) is 52.5 Å². The van der Waals surface area contributed by atoms with Crippen molar-refractivity contribution in [1.29, 1.82) is 0 Å². The number of imidazole rings is 1. The number of nitrogens with one attached hydrogen (secondary N) is 2. The summed E-state index contributed by atoms with van der Waals surface area (Å²) in [4.78, 5) is 24.0. The van der Waals surface area contributed by atoms with Crippen LogP contribution >= 0.6 is 11.6 Å². The zero-order valence-corrected chi connectivity index (χ0v) is 16.1. The van der Waals surface area contributed by atoms with Crippen molar-refractivity contribution in [2.24, 2.45) is 0 Å². The van der Waals surface area contributed by atoms with Crippen molar-refractivity contribution in [3.8, 4) is 0 Å². The van der Waals surface area contributed by atoms with Crippen molar-refractivity contribution in [3.05, 3.63) is 52.6 Å². The van der Waals surface area contributed by atoms with Gasteiger partial charge in [0.05, 0.1) is 12.6 Å². The number of aromatic amines is 1. The van der Waals surface area contributed by atoms with Gasteiger partial charge in [0.15, 0.2) is 0 Å². The molecule has 0 spiro atoms. The molecule has 3 rings (SSSR count). The van der Waals surface area contributed by atoms with Gasteiger partial charge in [-0.15, -0.1) is 0 Å². The molecule has 1 atom stereocenters. The molecule has 0 aliphatic carbocycles. The summed E-state index contributed by atoms with van der Waals surface area (Å²) in [6.07, 6.45) is 4.18. The molecule has 6 nitrogen and oxygen atoms in total. The van der Waals surface area contributed by atoms with Gasteiger partial charge in [-0.2, -0.15) is 0 Å². The largest absolute Gasteiger partial charge is 0.345 e. The number of carbonyl (C=O) groups excluding carboxylic acids is 1. The standard InChI is InChI=1S/C19H26ClN5O/c1-14-11-21-18(23-14)13-24(2)19(26)22-12-17(25-9-3-4-10-25)15-5-7-16(20)8-6-15/h5-8,11,17H,3-4,9-10,12-13H2,1-2H3,(H,21,23)(H,22,26)/t17-/m0/s1. The Kier molecular flexibility index (Phi) is 6.16. The van der Waals surface area contributed by atoms with E-state index in [-0.39, 0.29) is 12.1 Å². The lowest BCUT2D eigenvalue weighted by atomic mass is 10.1. The maximum absolute atomic E-state index is 12.5. The highest BCUT2D eigenvalue weighted by Gasteiger charge is 2.24. The number of aryl methyl sites for hydroxylation is 1. The Morgan fingerprint density at radius 2 is 2.04 bits per heavy atom. The lowest BCUT2D eigenvalue weighted by Gasteiger charge is -2.29. The van der Waals surface area contributed by atoms with Crippen LogP contribution in [0.1, 0.15) is 36.0 Å². The third-order valence-corrected chi connectivity index (χ3v) is 5.02. The number of rotatable bonds is 6. The monoisotopic (exact) mass is 375 g/mol. The molecule has 1 aliphatic heterocycles. The Morgan fingerprint density at radius 3 is 2.65 bits per heavy atom. The quantitative estimate of drug-likeness (QED) is 0.813. The van der Waals surface area contributed by atoms with Gasteiger partial charge in [-0.05, 0) is 50.6 Å². The van der Waals surface area contributed by atoms with Crippen molar-refractivity contribution in [2.45, 2.75) is 32.4 Å². The summed E-state index contributed by atoms with van der Waals surface area (Å²) in [6, 6.07) is 7.98. The number of nitrogens with zero attached hydrogens (tertiary/aromatic N) is 3. The average Bonchev–Trinajstić information content (AvgIpc) is 3.28. The van der Waals surface area contributed by atoms with Crippen LogP contribution in [0, 0.1) is 6.92 Å². The Labute approximate surface area is 159 Å². The van der Waals surface area contributed by atoms with Crippen LogP contribution < -0.4 is 5.32 Å². The first-order chi connectivity index (χ1) is 12.5. The molecule has 2 amide bonds. The summed E-state index contributed by atoms with van der Waals surface area (Å²) >= 11 is 6.02. The van der Waals surface area contributed by atoms with Crippen molar-refractivity contribution >= 4 is 17.6 Å². The van der Waals surface area contributed by atoms with Crippen LogP contribution in [0.4, 0.5) is 4.79 Å². The predicted octanol–water partition coefficient (Wildman–Crippen LogP) is 3.35. The first-order valence-corrected chi connectivity index (χ1v) is 9.39. The second-order valence-electron chi connectivity index (χ2n) is 6.87. The predicted molar refractivity (Wildman–Crippen MR) is 103 cm³/mol. The Balaban J connectivity index is 1.61. The highest BCUT2D eigenvalue weighted by atomic mass is 35.5. The topological polar surface area (TPSA) is 64.3 Å². The van der Waals surface area contributed by atoms with Gasteiger partial charge < -0.3 is 15.2 Å². The molecule has 0 bridgehead atoms. The normalized spacial score (nSPS) is 15.8. The zero-order chi connectivity index (χ0) is 18.5. The second kappa shape index (κ2) is 8.56. The van der Waals surface area contributed by atoms with Crippen LogP contribution in [0.2, 0.25) is 5.02 Å². The smallest absolute Gasteiger partial charge is 0.317 e. The lowest BCUT2D eigenvalue weighted by molar-refractivity contribution is 0.194. The molecule has 1 aromatic heterocycles. The summed E-state index contributed by atoms with van der Waals surface area (Å²) in [7, 11) is 1.78. The molecule has 2 heterocycles. The second-order valence-corrected chi connectivity index (χ2v) is 7.30. The summed E-state index contributed by atoms with van der Waals surface area (Å²) in [5.41, 5.74) is 2.17. The SMILES string of the molecule is Cc1cnc(CN(C)C(=O)NC[C@@H](c2ccc(Cl)cc2)N2CCCC2)[nH]1. The maximum atomic E-state index is 12.5. The van der Waals surface area contributed by atoms with Gasteiger partial charge in [0.1, 0.15) is 5.82 Å². The van der Waals surface area contributed by atoms with Gasteiger partial charge in [-0.1, -0.05) is 23.7 Å². The number of aromatic nitrogens is 2. The number of hydrogen-bond donors (Lipinski definition) is 2. The molecule has 0 radical (unpaired) electrons. The highest BCUT2D eigenvalue weighted by Crippen LogP contribution is 2.25. The average molecular weight is 376 g/mol. The Bertz CT molecular complexity index is 724. The first-order valence-electron chi connectivity index (χ1n) is 9.02. The van der Waals surface area contributed by atoms with Crippen LogP contribution in [0.3, 0.4) is 0 Å². The molecular weight excluding hydrogens is 350 g/mol. The highest BCUT2D eigenvalue weighted by molar-refractivity contribution is 6.30. The molecule has 1 aliphatic rings. The van der Waals surface area contributed by atoms with Gasteiger partial charge in [0, 0.05) is 30.5 Å². The molecule has 140 valence electrons. The molecule has 1 saturated heterocycles. The van der Waals surface area contributed by atoms with E-state index in [0.29, 0.717) is 13.1 Å². The van der Waals surface area contributed by atoms with E-state index in [0.717, 1.165) is 29.6 Å². The third-order valence-electron chi connectivity index (χ3n) is 4.77. The van der Waals surface area contributed by atoms with E-state index in [1.807, 2.05) is 31.2 Å². The van der Waals surface area contributed by atoms with Crippen LogP contribution in [-0.2, 0) is 6.54 Å². The van der Waals surface area contributed by atoms with Gasteiger partial charge in [-0.25, -0.2) is 9.78 Å². The number of likely N-dealkylation sites (tertiary alicyclic amines) is 1. The van der Waals surface area contributed by atoms with Crippen LogP contribution in [0.5, 0.6) is 0 Å². The summed E-state index contributed by atoms with van der Waals surface area (Å²) in [5, 5.41) is 3.80. The summed E-state index contributed by atoms with van der Waals surface area (Å²) < 4.78 is 0. The number of carbonyl (C=O) groups is 1. The molecule has 1 aromatic carbocycles. The molecule has 2 N–H and O–H groups in total. The first kappa shape index (κ1) is 18.7. The fourth-order valence-electron chi connectivity index (χ4n) is 3.36. The third kappa shape index (κ3) is 4.77. The lowest BCUT2D eigenvalue weighted by Crippen LogP contribution is -2.42. The molecule has 2 aromatic rings. The summed E-state index contributed by atoms with van der Waals surface area (Å²) in [6.45, 7) is 5.09. The number of hydrogen-bond acceptors (Lipinski definition) is 3. The van der Waals surface area contributed by atoms with E-state index >= 15 is 0 Å². The van der Waals surface area contributed by atoms with E-state index in [1.54, 1.807) is 18.1 Å². The molecule has 0 saturated carbocycles. The molecule has 7 heteroatoms. The number of H-pyrrole nitrogens is 1. The minimum absolute atomic E-state index is 0.0998. The van der Waals surface area contributed by atoms with E-state index in [1.165, 1.54) is 18.4 Å². The van der Waals surface area contributed by atoms with Crippen LogP contribution in [0.25, 0.3) is 0 Å².